The number of nitriles is 1. The van der Waals surface area contributed by atoms with Crippen molar-refractivity contribution < 1.29 is 0 Å². The van der Waals surface area contributed by atoms with Crippen LogP contribution in [0.5, 0.6) is 0 Å². The zero-order valence-electron chi connectivity index (χ0n) is 11.3. The van der Waals surface area contributed by atoms with Crippen LogP contribution in [0.4, 0.5) is 0 Å². The van der Waals surface area contributed by atoms with E-state index in [0.29, 0.717) is 0 Å². The Labute approximate surface area is 105 Å². The molecule has 1 saturated heterocycles. The van der Waals surface area contributed by atoms with E-state index in [1.807, 2.05) is 0 Å². The Morgan fingerprint density at radius 3 is 2.71 bits per heavy atom. The van der Waals surface area contributed by atoms with E-state index in [0.717, 1.165) is 31.8 Å². The molecule has 0 N–H and O–H groups in total. The number of likely N-dealkylation sites (tertiary alicyclic amines) is 1. The molecule has 2 rings (SSSR count). The molecule has 0 amide bonds. The highest BCUT2D eigenvalue weighted by Gasteiger charge is 2.38. The average Bonchev–Trinajstić information content (AvgIpc) is 2.67. The minimum absolute atomic E-state index is 0.00121. The summed E-state index contributed by atoms with van der Waals surface area (Å²) in [6, 6.07) is 2.53. The van der Waals surface area contributed by atoms with Gasteiger partial charge in [-0.1, -0.05) is 6.42 Å². The molecule has 1 unspecified atom stereocenters. The quantitative estimate of drug-likeness (QED) is 0.729. The van der Waals surface area contributed by atoms with Crippen LogP contribution in [0, 0.1) is 22.7 Å². The summed E-state index contributed by atoms with van der Waals surface area (Å²) in [4.78, 5) is 4.80. The van der Waals surface area contributed by atoms with Crippen molar-refractivity contribution in [3.8, 4) is 6.07 Å². The summed E-state index contributed by atoms with van der Waals surface area (Å²) >= 11 is 0. The highest BCUT2D eigenvalue weighted by Crippen LogP contribution is 2.40. The first-order valence-corrected chi connectivity index (χ1v) is 6.92. The van der Waals surface area contributed by atoms with Crippen LogP contribution in [-0.4, -0.2) is 50.1 Å². The van der Waals surface area contributed by atoms with Gasteiger partial charge in [-0.25, -0.2) is 0 Å². The van der Waals surface area contributed by atoms with Gasteiger partial charge in [-0.05, 0) is 58.8 Å². The van der Waals surface area contributed by atoms with E-state index in [1.54, 1.807) is 0 Å². The minimum Gasteiger partial charge on any atom is -0.306 e. The lowest BCUT2D eigenvalue weighted by Gasteiger charge is -2.38. The van der Waals surface area contributed by atoms with Gasteiger partial charge in [0, 0.05) is 13.1 Å². The van der Waals surface area contributed by atoms with Gasteiger partial charge < -0.3 is 9.80 Å². The second-order valence-corrected chi connectivity index (χ2v) is 6.19. The summed E-state index contributed by atoms with van der Waals surface area (Å²) in [7, 11) is 4.39. The van der Waals surface area contributed by atoms with Gasteiger partial charge in [-0.3, -0.25) is 0 Å². The lowest BCUT2D eigenvalue weighted by molar-refractivity contribution is 0.134. The first-order chi connectivity index (χ1) is 8.13. The molecule has 0 aromatic rings. The van der Waals surface area contributed by atoms with Crippen molar-refractivity contribution in [2.75, 3.05) is 40.3 Å². The van der Waals surface area contributed by atoms with Crippen LogP contribution < -0.4 is 0 Å². The molecule has 0 bridgehead atoms. The maximum absolute atomic E-state index is 9.22. The van der Waals surface area contributed by atoms with Crippen LogP contribution in [0.2, 0.25) is 0 Å². The van der Waals surface area contributed by atoms with E-state index in [2.05, 4.69) is 30.0 Å². The first kappa shape index (κ1) is 12.9. The van der Waals surface area contributed by atoms with Crippen LogP contribution in [0.25, 0.3) is 0 Å². The predicted octanol–water partition coefficient (Wildman–Crippen LogP) is 1.95. The van der Waals surface area contributed by atoms with Gasteiger partial charge in [0.15, 0.2) is 0 Å². The third-order valence-electron chi connectivity index (χ3n) is 4.53. The molecule has 1 saturated carbocycles. The van der Waals surface area contributed by atoms with Crippen LogP contribution in [0.3, 0.4) is 0 Å². The molecular weight excluding hydrogens is 210 g/mol. The van der Waals surface area contributed by atoms with E-state index < -0.39 is 0 Å². The van der Waals surface area contributed by atoms with Crippen LogP contribution in [0.15, 0.2) is 0 Å². The fourth-order valence-electron chi connectivity index (χ4n) is 3.17. The van der Waals surface area contributed by atoms with Gasteiger partial charge in [0.2, 0.25) is 0 Å². The lowest BCUT2D eigenvalue weighted by Crippen LogP contribution is -2.40. The topological polar surface area (TPSA) is 30.3 Å². The van der Waals surface area contributed by atoms with Crippen molar-refractivity contribution in [1.82, 2.24) is 9.80 Å². The monoisotopic (exact) mass is 235 g/mol. The van der Waals surface area contributed by atoms with Crippen molar-refractivity contribution in [2.45, 2.75) is 32.1 Å². The fourth-order valence-corrected chi connectivity index (χ4v) is 3.17. The molecule has 3 heteroatoms. The molecule has 2 aliphatic rings. The molecule has 1 heterocycles. The Morgan fingerprint density at radius 1 is 1.47 bits per heavy atom. The summed E-state index contributed by atoms with van der Waals surface area (Å²) in [5, 5.41) is 9.22. The van der Waals surface area contributed by atoms with Crippen molar-refractivity contribution >= 4 is 0 Å². The molecule has 0 aromatic heterocycles. The Bertz CT molecular complexity index is 290. The highest BCUT2D eigenvalue weighted by molar-refractivity contribution is 5.06. The van der Waals surface area contributed by atoms with Crippen LogP contribution in [0.1, 0.15) is 32.1 Å². The number of hydrogen-bond donors (Lipinski definition) is 0. The summed E-state index contributed by atoms with van der Waals surface area (Å²) in [6.45, 7) is 4.65. The van der Waals surface area contributed by atoms with E-state index in [4.69, 9.17) is 0 Å². The van der Waals surface area contributed by atoms with E-state index >= 15 is 0 Å². The molecule has 1 atom stereocenters. The zero-order chi connectivity index (χ0) is 12.3. The van der Waals surface area contributed by atoms with E-state index in [1.165, 1.54) is 32.4 Å². The van der Waals surface area contributed by atoms with E-state index in [9.17, 15) is 5.26 Å². The van der Waals surface area contributed by atoms with Crippen LogP contribution >= 0.6 is 0 Å². The Kier molecular flexibility index (Phi) is 4.06. The highest BCUT2D eigenvalue weighted by atomic mass is 15.1. The Morgan fingerprint density at radius 2 is 2.24 bits per heavy atom. The van der Waals surface area contributed by atoms with E-state index in [-0.39, 0.29) is 5.41 Å². The van der Waals surface area contributed by atoms with Gasteiger partial charge in [0.05, 0.1) is 11.5 Å². The number of hydrogen-bond acceptors (Lipinski definition) is 3. The third kappa shape index (κ3) is 3.20. The molecule has 1 aliphatic carbocycles. The normalized spacial score (nSPS) is 28.0. The third-order valence-corrected chi connectivity index (χ3v) is 4.53. The van der Waals surface area contributed by atoms with Gasteiger partial charge in [0.1, 0.15) is 0 Å². The van der Waals surface area contributed by atoms with Crippen molar-refractivity contribution in [3.63, 3.8) is 0 Å². The summed E-state index contributed by atoms with van der Waals surface area (Å²) in [5.41, 5.74) is 0.00121. The molecule has 1 aliphatic heterocycles. The molecule has 0 aromatic carbocycles. The Hall–Kier alpha value is -0.590. The molecule has 3 nitrogen and oxygen atoms in total. The SMILES string of the molecule is CN1CCC(CCN(C)CC2(C#N)CCC2)C1. The van der Waals surface area contributed by atoms with Crippen molar-refractivity contribution in [3.05, 3.63) is 0 Å². The minimum atomic E-state index is 0.00121. The van der Waals surface area contributed by atoms with Crippen molar-refractivity contribution in [2.24, 2.45) is 11.3 Å². The molecule has 17 heavy (non-hydrogen) atoms. The number of rotatable bonds is 5. The number of nitrogens with zero attached hydrogens (tertiary/aromatic N) is 3. The smallest absolute Gasteiger partial charge is 0.0703 e. The second kappa shape index (κ2) is 5.37. The molecular formula is C14H25N3. The Balaban J connectivity index is 1.67. The van der Waals surface area contributed by atoms with Gasteiger partial charge in [-0.2, -0.15) is 5.26 Å². The lowest BCUT2D eigenvalue weighted by atomic mass is 9.69. The predicted molar refractivity (Wildman–Crippen MR) is 69.6 cm³/mol. The van der Waals surface area contributed by atoms with Gasteiger partial charge in [-0.15, -0.1) is 0 Å². The summed E-state index contributed by atoms with van der Waals surface area (Å²) in [5.74, 6) is 0.877. The van der Waals surface area contributed by atoms with Gasteiger partial charge in [0.25, 0.3) is 0 Å². The molecule has 96 valence electrons. The summed E-state index contributed by atoms with van der Waals surface area (Å²) in [6.07, 6.45) is 6.12. The molecule has 2 fully saturated rings. The standard InChI is InChI=1S/C14H25N3/c1-16-8-4-13(10-16)5-9-17(2)12-14(11-15)6-3-7-14/h13H,3-10,12H2,1-2H3. The largest absolute Gasteiger partial charge is 0.306 e. The zero-order valence-corrected chi connectivity index (χ0v) is 11.3. The maximum Gasteiger partial charge on any atom is 0.0703 e. The average molecular weight is 235 g/mol. The second-order valence-electron chi connectivity index (χ2n) is 6.19. The first-order valence-electron chi connectivity index (χ1n) is 6.92. The van der Waals surface area contributed by atoms with Crippen molar-refractivity contribution in [1.29, 1.82) is 5.26 Å². The van der Waals surface area contributed by atoms with Gasteiger partial charge >= 0.3 is 0 Å². The molecule has 0 radical (unpaired) electrons. The fraction of sp³-hybridized carbons (Fsp3) is 0.929. The molecule has 0 spiro atoms. The summed E-state index contributed by atoms with van der Waals surface area (Å²) < 4.78 is 0. The maximum atomic E-state index is 9.22. The van der Waals surface area contributed by atoms with Crippen LogP contribution in [-0.2, 0) is 0 Å².